The fourth-order valence-corrected chi connectivity index (χ4v) is 5.35. The number of hydrogen-bond donors (Lipinski definition) is 1. The molecular weight excluding hydrogens is 444 g/mol. The Bertz CT molecular complexity index is 1230. The van der Waals surface area contributed by atoms with Gasteiger partial charge in [0, 0.05) is 19.5 Å². The van der Waals surface area contributed by atoms with E-state index in [1.54, 1.807) is 54.6 Å². The Hall–Kier alpha value is -3.72. The fraction of sp³-hybridized carbons (Fsp3) is 0.208. The molecule has 1 aliphatic heterocycles. The zero-order valence-electron chi connectivity index (χ0n) is 17.6. The summed E-state index contributed by atoms with van der Waals surface area (Å²) >= 11 is 0. The van der Waals surface area contributed by atoms with Gasteiger partial charge in [-0.05, 0) is 42.8 Å². The van der Waals surface area contributed by atoms with E-state index in [2.05, 4.69) is 5.32 Å². The molecule has 1 atom stereocenters. The summed E-state index contributed by atoms with van der Waals surface area (Å²) < 4.78 is 31.6. The molecule has 2 heterocycles. The maximum Gasteiger partial charge on any atom is 0.261 e. The van der Waals surface area contributed by atoms with E-state index in [0.717, 1.165) is 4.90 Å². The lowest BCUT2D eigenvalue weighted by atomic mass is 10.1. The molecule has 0 spiro atoms. The highest BCUT2D eigenvalue weighted by atomic mass is 32.2. The van der Waals surface area contributed by atoms with Gasteiger partial charge in [-0.1, -0.05) is 30.3 Å². The van der Waals surface area contributed by atoms with Crippen molar-refractivity contribution in [2.24, 2.45) is 0 Å². The summed E-state index contributed by atoms with van der Waals surface area (Å²) in [5.41, 5.74) is 0.721. The van der Waals surface area contributed by atoms with Gasteiger partial charge in [0.2, 0.25) is 5.91 Å². The minimum Gasteiger partial charge on any atom is -0.468 e. The summed E-state index contributed by atoms with van der Waals surface area (Å²) in [6.07, 6.45) is 1.67. The van der Waals surface area contributed by atoms with Crippen LogP contribution < -0.4 is 5.32 Å². The molecule has 8 nitrogen and oxygen atoms in total. The van der Waals surface area contributed by atoms with Crippen LogP contribution in [0, 0.1) is 0 Å². The van der Waals surface area contributed by atoms with Crippen molar-refractivity contribution < 1.29 is 27.2 Å². The van der Waals surface area contributed by atoms with Crippen molar-refractivity contribution in [3.63, 3.8) is 0 Å². The Kier molecular flexibility index (Phi) is 6.41. The van der Waals surface area contributed by atoms with Gasteiger partial charge in [0.15, 0.2) is 9.84 Å². The summed E-state index contributed by atoms with van der Waals surface area (Å²) in [5.74, 6) is -0.901. The number of fused-ring (bicyclic) bond motifs is 1. The first-order valence-corrected chi connectivity index (χ1v) is 12.0. The van der Waals surface area contributed by atoms with E-state index in [1.807, 2.05) is 0 Å². The highest BCUT2D eigenvalue weighted by molar-refractivity contribution is 7.91. The van der Waals surface area contributed by atoms with Gasteiger partial charge in [-0.2, -0.15) is 0 Å². The highest BCUT2D eigenvalue weighted by Gasteiger charge is 2.35. The van der Waals surface area contributed by atoms with Gasteiger partial charge in [-0.3, -0.25) is 19.3 Å². The van der Waals surface area contributed by atoms with Crippen LogP contribution in [-0.4, -0.2) is 44.1 Å². The molecular formula is C24H22N2O6S. The summed E-state index contributed by atoms with van der Waals surface area (Å²) in [5, 5.41) is 1.56. The Morgan fingerprint density at radius 3 is 2.15 bits per heavy atom. The van der Waals surface area contributed by atoms with E-state index in [9.17, 15) is 22.8 Å². The molecule has 2 aromatic carbocycles. The third-order valence-corrected chi connectivity index (χ3v) is 7.53. The second kappa shape index (κ2) is 9.41. The van der Waals surface area contributed by atoms with Gasteiger partial charge in [0.25, 0.3) is 11.8 Å². The molecule has 0 unspecified atom stereocenters. The Morgan fingerprint density at radius 1 is 0.909 bits per heavy atom. The van der Waals surface area contributed by atoms with Crippen LogP contribution in [0.2, 0.25) is 0 Å². The van der Waals surface area contributed by atoms with E-state index in [0.29, 0.717) is 11.1 Å². The summed E-state index contributed by atoms with van der Waals surface area (Å²) in [4.78, 5) is 38.5. The first kappa shape index (κ1) is 22.5. The monoisotopic (exact) mass is 466 g/mol. The Labute approximate surface area is 191 Å². The largest absolute Gasteiger partial charge is 0.468 e. The molecule has 33 heavy (non-hydrogen) atoms. The number of sulfone groups is 1. The number of carbonyl (C=O) groups is 3. The predicted octanol–water partition coefficient (Wildman–Crippen LogP) is 2.99. The summed E-state index contributed by atoms with van der Waals surface area (Å²) in [7, 11) is -3.80. The molecule has 9 heteroatoms. The minimum absolute atomic E-state index is 0.0314. The third-order valence-electron chi connectivity index (χ3n) is 5.46. The number of benzene rings is 2. The van der Waals surface area contributed by atoms with Crippen molar-refractivity contribution >= 4 is 27.6 Å². The molecule has 4 rings (SSSR count). The van der Waals surface area contributed by atoms with E-state index in [1.165, 1.54) is 18.4 Å². The SMILES string of the molecule is O=C(CCCN1C(=O)c2ccccc2C1=O)NC[C@@H](c1ccco1)S(=O)(=O)c1ccccc1. The Morgan fingerprint density at radius 2 is 1.55 bits per heavy atom. The molecule has 3 aromatic rings. The van der Waals surface area contributed by atoms with Gasteiger partial charge < -0.3 is 9.73 Å². The van der Waals surface area contributed by atoms with Crippen LogP contribution in [-0.2, 0) is 14.6 Å². The number of nitrogens with one attached hydrogen (secondary N) is 1. The zero-order valence-corrected chi connectivity index (χ0v) is 18.5. The second-order valence-corrected chi connectivity index (χ2v) is 9.71. The van der Waals surface area contributed by atoms with Gasteiger partial charge >= 0.3 is 0 Å². The second-order valence-electron chi connectivity index (χ2n) is 7.58. The number of imide groups is 1. The maximum atomic E-state index is 13.1. The lowest BCUT2D eigenvalue weighted by molar-refractivity contribution is -0.121. The standard InChI is InChI=1S/C24H22N2O6S/c27-22(13-6-14-26-23(28)18-10-4-5-11-19(18)24(26)29)25-16-21(20-12-7-15-32-20)33(30,31)17-8-2-1-3-9-17/h1-5,7-12,15,21H,6,13-14,16H2,(H,25,27)/t21-/m0/s1. The summed E-state index contributed by atoms with van der Waals surface area (Å²) in [6.45, 7) is -0.0692. The molecule has 0 fully saturated rings. The molecule has 0 radical (unpaired) electrons. The van der Waals surface area contributed by atoms with Gasteiger partial charge in [0.05, 0.1) is 22.3 Å². The van der Waals surface area contributed by atoms with Crippen molar-refractivity contribution in [2.45, 2.75) is 23.0 Å². The number of amides is 3. The van der Waals surface area contributed by atoms with Crippen LogP contribution in [0.25, 0.3) is 0 Å². The highest BCUT2D eigenvalue weighted by Crippen LogP contribution is 2.29. The number of furan rings is 1. The van der Waals surface area contributed by atoms with E-state index < -0.39 is 15.1 Å². The molecule has 170 valence electrons. The van der Waals surface area contributed by atoms with Gasteiger partial charge in [0.1, 0.15) is 11.0 Å². The first-order valence-electron chi connectivity index (χ1n) is 10.4. The zero-order chi connectivity index (χ0) is 23.4. The average Bonchev–Trinajstić information content (AvgIpc) is 3.43. The number of nitrogens with zero attached hydrogens (tertiary/aromatic N) is 1. The van der Waals surface area contributed by atoms with Crippen molar-refractivity contribution in [3.05, 3.63) is 89.9 Å². The fourth-order valence-electron chi connectivity index (χ4n) is 3.75. The Balaban J connectivity index is 1.35. The topological polar surface area (TPSA) is 114 Å². The average molecular weight is 467 g/mol. The molecule has 0 saturated carbocycles. The first-order chi connectivity index (χ1) is 15.9. The predicted molar refractivity (Wildman–Crippen MR) is 119 cm³/mol. The van der Waals surface area contributed by atoms with Crippen molar-refractivity contribution in [1.29, 1.82) is 0 Å². The smallest absolute Gasteiger partial charge is 0.261 e. The van der Waals surface area contributed by atoms with Gasteiger partial charge in [-0.15, -0.1) is 0 Å². The number of rotatable bonds is 9. The van der Waals surface area contributed by atoms with Crippen molar-refractivity contribution in [2.75, 3.05) is 13.1 Å². The van der Waals surface area contributed by atoms with E-state index >= 15 is 0 Å². The molecule has 0 aliphatic carbocycles. The molecule has 1 aromatic heterocycles. The van der Waals surface area contributed by atoms with Gasteiger partial charge in [-0.25, -0.2) is 8.42 Å². The molecule has 0 saturated heterocycles. The van der Waals surface area contributed by atoms with Crippen LogP contribution >= 0.6 is 0 Å². The lowest BCUT2D eigenvalue weighted by Gasteiger charge is -2.17. The molecule has 1 aliphatic rings. The molecule has 3 amide bonds. The maximum absolute atomic E-state index is 13.1. The quantitative estimate of drug-likeness (QED) is 0.485. The van der Waals surface area contributed by atoms with Crippen LogP contribution in [0.3, 0.4) is 0 Å². The van der Waals surface area contributed by atoms with E-state index in [-0.39, 0.29) is 54.3 Å². The van der Waals surface area contributed by atoms with Crippen LogP contribution in [0.15, 0.2) is 82.3 Å². The molecule has 0 bridgehead atoms. The van der Waals surface area contributed by atoms with Crippen molar-refractivity contribution in [1.82, 2.24) is 10.2 Å². The van der Waals surface area contributed by atoms with Crippen LogP contribution in [0.1, 0.15) is 44.6 Å². The van der Waals surface area contributed by atoms with E-state index in [4.69, 9.17) is 4.42 Å². The number of hydrogen-bond acceptors (Lipinski definition) is 6. The van der Waals surface area contributed by atoms with Crippen LogP contribution in [0.5, 0.6) is 0 Å². The third kappa shape index (κ3) is 4.58. The normalized spacial score (nSPS) is 14.2. The minimum atomic E-state index is -3.80. The lowest BCUT2D eigenvalue weighted by Crippen LogP contribution is -2.34. The van der Waals surface area contributed by atoms with Crippen molar-refractivity contribution in [3.8, 4) is 0 Å². The number of carbonyl (C=O) groups excluding carboxylic acids is 3. The van der Waals surface area contributed by atoms with Crippen LogP contribution in [0.4, 0.5) is 0 Å². The summed E-state index contributed by atoms with van der Waals surface area (Å²) in [6, 6.07) is 17.7. The molecule has 1 N–H and O–H groups in total.